The Morgan fingerprint density at radius 2 is 2.00 bits per heavy atom. The molecule has 0 aromatic carbocycles. The second-order valence-corrected chi connectivity index (χ2v) is 2.92. The lowest BCUT2D eigenvalue weighted by Gasteiger charge is -1.99. The normalized spacial score (nSPS) is 11.0. The molecular weight excluding hydrogens is 168 g/mol. The van der Waals surface area contributed by atoms with E-state index in [9.17, 15) is 0 Å². The summed E-state index contributed by atoms with van der Waals surface area (Å²) in [6.07, 6.45) is 0. The van der Waals surface area contributed by atoms with Crippen LogP contribution in [0.2, 0.25) is 0 Å². The zero-order valence-corrected chi connectivity index (χ0v) is 7.50. The largest absolute Gasteiger partial charge is 0.390 e. The minimum atomic E-state index is -0.0839. The van der Waals surface area contributed by atoms with E-state index < -0.39 is 0 Å². The quantitative estimate of drug-likeness (QED) is 0.665. The van der Waals surface area contributed by atoms with Gasteiger partial charge in [0, 0.05) is 0 Å². The van der Waals surface area contributed by atoms with Gasteiger partial charge in [-0.05, 0) is 13.8 Å². The van der Waals surface area contributed by atoms with Crippen molar-refractivity contribution in [2.24, 2.45) is 0 Å². The van der Waals surface area contributed by atoms with Crippen LogP contribution in [-0.4, -0.2) is 25.3 Å². The van der Waals surface area contributed by atoms with Crippen molar-refractivity contribution in [3.8, 4) is 0 Å². The first kappa shape index (κ1) is 8.12. The lowest BCUT2D eigenvalue weighted by Crippen LogP contribution is -1.97. The molecular formula is C8H10N4O. The SMILES string of the molecule is Cc1nc2[nH]nc(C)c2nc1CO. The fraction of sp³-hybridized carbons (Fsp3) is 0.375. The standard InChI is InChI=1S/C8H10N4O/c1-4-6(3-13)10-7-5(2)11-12-8(7)9-4/h13H,3H2,1-2H3,(H,9,11,12). The molecule has 2 rings (SSSR count). The molecule has 2 N–H and O–H groups in total. The zero-order chi connectivity index (χ0) is 9.42. The number of nitrogens with one attached hydrogen (secondary N) is 1. The smallest absolute Gasteiger partial charge is 0.174 e. The Kier molecular flexibility index (Phi) is 1.73. The Hall–Kier alpha value is -1.49. The summed E-state index contributed by atoms with van der Waals surface area (Å²) >= 11 is 0. The van der Waals surface area contributed by atoms with Crippen molar-refractivity contribution in [2.45, 2.75) is 20.5 Å². The van der Waals surface area contributed by atoms with E-state index in [1.807, 2.05) is 13.8 Å². The number of hydrogen-bond acceptors (Lipinski definition) is 4. The third-order valence-electron chi connectivity index (χ3n) is 1.99. The molecule has 0 bridgehead atoms. The number of aliphatic hydroxyl groups excluding tert-OH is 1. The third-order valence-corrected chi connectivity index (χ3v) is 1.99. The Morgan fingerprint density at radius 1 is 1.23 bits per heavy atom. The van der Waals surface area contributed by atoms with E-state index in [-0.39, 0.29) is 6.61 Å². The van der Waals surface area contributed by atoms with Crippen molar-refractivity contribution < 1.29 is 5.11 Å². The van der Waals surface area contributed by atoms with Crippen LogP contribution in [0.1, 0.15) is 17.1 Å². The van der Waals surface area contributed by atoms with Gasteiger partial charge >= 0.3 is 0 Å². The number of rotatable bonds is 1. The molecule has 0 unspecified atom stereocenters. The fourth-order valence-electron chi connectivity index (χ4n) is 1.22. The number of H-pyrrole nitrogens is 1. The van der Waals surface area contributed by atoms with Gasteiger partial charge < -0.3 is 5.11 Å². The molecule has 2 aromatic rings. The Balaban J connectivity index is 2.77. The molecule has 2 aromatic heterocycles. The highest BCUT2D eigenvalue weighted by Gasteiger charge is 2.07. The molecule has 0 fully saturated rings. The average Bonchev–Trinajstić information content (AvgIpc) is 2.46. The van der Waals surface area contributed by atoms with Gasteiger partial charge in [0.25, 0.3) is 0 Å². The summed E-state index contributed by atoms with van der Waals surface area (Å²) < 4.78 is 0. The molecule has 0 aliphatic heterocycles. The Labute approximate surface area is 74.8 Å². The number of aromatic amines is 1. The highest BCUT2D eigenvalue weighted by molar-refractivity contribution is 5.72. The highest BCUT2D eigenvalue weighted by Crippen LogP contribution is 2.12. The van der Waals surface area contributed by atoms with Crippen LogP contribution < -0.4 is 0 Å². The number of aromatic nitrogens is 4. The van der Waals surface area contributed by atoms with Crippen LogP contribution in [0, 0.1) is 13.8 Å². The molecule has 68 valence electrons. The summed E-state index contributed by atoms with van der Waals surface area (Å²) in [7, 11) is 0. The maximum atomic E-state index is 8.97. The van der Waals surface area contributed by atoms with E-state index in [0.717, 1.165) is 16.9 Å². The molecule has 0 aliphatic rings. The van der Waals surface area contributed by atoms with E-state index in [2.05, 4.69) is 20.2 Å². The summed E-state index contributed by atoms with van der Waals surface area (Å²) in [5.41, 5.74) is 3.55. The predicted molar refractivity (Wildman–Crippen MR) is 47.1 cm³/mol. The van der Waals surface area contributed by atoms with Gasteiger partial charge in [0.05, 0.1) is 23.7 Å². The van der Waals surface area contributed by atoms with Crippen LogP contribution in [-0.2, 0) is 6.61 Å². The lowest BCUT2D eigenvalue weighted by atomic mass is 10.3. The van der Waals surface area contributed by atoms with Gasteiger partial charge in [-0.2, -0.15) is 5.10 Å². The van der Waals surface area contributed by atoms with Crippen LogP contribution >= 0.6 is 0 Å². The maximum absolute atomic E-state index is 8.97. The Bertz CT molecular complexity index is 449. The number of aryl methyl sites for hydroxylation is 2. The first-order valence-electron chi connectivity index (χ1n) is 4.01. The molecule has 0 amide bonds. The summed E-state index contributed by atoms with van der Waals surface area (Å²) in [4.78, 5) is 8.47. The van der Waals surface area contributed by atoms with E-state index in [1.165, 1.54) is 0 Å². The first-order valence-corrected chi connectivity index (χ1v) is 4.01. The van der Waals surface area contributed by atoms with Crippen LogP contribution in [0.5, 0.6) is 0 Å². The fourth-order valence-corrected chi connectivity index (χ4v) is 1.22. The third kappa shape index (κ3) is 1.17. The van der Waals surface area contributed by atoms with Crippen LogP contribution in [0.15, 0.2) is 0 Å². The number of aliphatic hydroxyl groups is 1. The van der Waals surface area contributed by atoms with E-state index in [4.69, 9.17) is 5.11 Å². The molecule has 0 aliphatic carbocycles. The maximum Gasteiger partial charge on any atom is 0.174 e. The molecule has 2 heterocycles. The second-order valence-electron chi connectivity index (χ2n) is 2.92. The van der Waals surface area contributed by atoms with Crippen molar-refractivity contribution in [3.63, 3.8) is 0 Å². The summed E-state index contributed by atoms with van der Waals surface area (Å²) in [6.45, 7) is 3.58. The van der Waals surface area contributed by atoms with Gasteiger partial charge in [0.1, 0.15) is 5.52 Å². The molecule has 5 nitrogen and oxygen atoms in total. The minimum absolute atomic E-state index is 0.0839. The molecule has 5 heteroatoms. The van der Waals surface area contributed by atoms with Crippen LogP contribution in [0.3, 0.4) is 0 Å². The lowest BCUT2D eigenvalue weighted by molar-refractivity contribution is 0.276. The van der Waals surface area contributed by atoms with Gasteiger partial charge in [-0.1, -0.05) is 0 Å². The van der Waals surface area contributed by atoms with Crippen LogP contribution in [0.4, 0.5) is 0 Å². The summed E-state index contributed by atoms with van der Waals surface area (Å²) in [5.74, 6) is 0. The van der Waals surface area contributed by atoms with E-state index in [1.54, 1.807) is 0 Å². The van der Waals surface area contributed by atoms with Gasteiger partial charge in [0.2, 0.25) is 0 Å². The minimum Gasteiger partial charge on any atom is -0.390 e. The van der Waals surface area contributed by atoms with Crippen molar-refractivity contribution in [1.29, 1.82) is 0 Å². The van der Waals surface area contributed by atoms with Gasteiger partial charge in [-0.3, -0.25) is 5.10 Å². The van der Waals surface area contributed by atoms with Crippen molar-refractivity contribution in [3.05, 3.63) is 17.1 Å². The number of fused-ring (bicyclic) bond motifs is 1. The summed E-state index contributed by atoms with van der Waals surface area (Å²) in [5, 5.41) is 15.7. The molecule has 0 saturated carbocycles. The van der Waals surface area contributed by atoms with Crippen molar-refractivity contribution in [1.82, 2.24) is 20.2 Å². The molecule has 13 heavy (non-hydrogen) atoms. The van der Waals surface area contributed by atoms with E-state index >= 15 is 0 Å². The molecule has 0 spiro atoms. The number of nitrogens with zero attached hydrogens (tertiary/aromatic N) is 3. The molecule has 0 radical (unpaired) electrons. The van der Waals surface area contributed by atoms with Crippen molar-refractivity contribution in [2.75, 3.05) is 0 Å². The monoisotopic (exact) mass is 178 g/mol. The Morgan fingerprint density at radius 3 is 2.69 bits per heavy atom. The van der Waals surface area contributed by atoms with Gasteiger partial charge in [-0.25, -0.2) is 9.97 Å². The van der Waals surface area contributed by atoms with Gasteiger partial charge in [-0.15, -0.1) is 0 Å². The highest BCUT2D eigenvalue weighted by atomic mass is 16.3. The second kappa shape index (κ2) is 2.77. The first-order chi connectivity index (χ1) is 6.22. The number of hydrogen-bond donors (Lipinski definition) is 2. The molecule has 0 saturated heterocycles. The molecule has 0 atom stereocenters. The predicted octanol–water partition coefficient (Wildman–Crippen LogP) is 0.462. The van der Waals surface area contributed by atoms with Crippen LogP contribution in [0.25, 0.3) is 11.2 Å². The van der Waals surface area contributed by atoms with E-state index in [0.29, 0.717) is 11.3 Å². The average molecular weight is 178 g/mol. The summed E-state index contributed by atoms with van der Waals surface area (Å²) in [6, 6.07) is 0. The van der Waals surface area contributed by atoms with Crippen molar-refractivity contribution >= 4 is 11.2 Å². The topological polar surface area (TPSA) is 74.7 Å². The zero-order valence-electron chi connectivity index (χ0n) is 7.50. The van der Waals surface area contributed by atoms with Gasteiger partial charge in [0.15, 0.2) is 5.65 Å².